The van der Waals surface area contributed by atoms with Crippen LogP contribution in [0, 0.1) is 0 Å². The number of halogens is 1. The minimum absolute atomic E-state index is 0.0153. The molecule has 1 heterocycles. The molecule has 0 N–H and O–H groups in total. The molecule has 100 valence electrons. The van der Waals surface area contributed by atoms with Crippen molar-refractivity contribution in [3.63, 3.8) is 0 Å². The third-order valence-electron chi connectivity index (χ3n) is 3.27. The largest absolute Gasteiger partial charge is 0.451 e. The highest BCUT2D eigenvalue weighted by Gasteiger charge is 2.14. The predicted molar refractivity (Wildman–Crippen MR) is 81.3 cm³/mol. The summed E-state index contributed by atoms with van der Waals surface area (Å²) in [6, 6.07) is 15.6. The third-order valence-corrected chi connectivity index (χ3v) is 3.55. The van der Waals surface area contributed by atoms with Crippen molar-refractivity contribution < 1.29 is 9.21 Å². The number of carbonyl (C=O) groups is 1. The molecule has 0 unspecified atom stereocenters. The molecule has 0 spiro atoms. The first-order valence-corrected chi connectivity index (χ1v) is 6.88. The number of ketones is 1. The van der Waals surface area contributed by atoms with E-state index in [-0.39, 0.29) is 5.78 Å². The second-order valence-corrected chi connectivity index (χ2v) is 5.04. The Morgan fingerprint density at radius 1 is 1.10 bits per heavy atom. The summed E-state index contributed by atoms with van der Waals surface area (Å²) in [4.78, 5) is 11.7. The zero-order valence-electron chi connectivity index (χ0n) is 11.0. The van der Waals surface area contributed by atoms with E-state index in [1.807, 2.05) is 49.4 Å². The summed E-state index contributed by atoms with van der Waals surface area (Å²) >= 11 is 6.27. The van der Waals surface area contributed by atoms with Gasteiger partial charge in [0.15, 0.2) is 17.1 Å². The van der Waals surface area contributed by atoms with Crippen LogP contribution in [-0.2, 0) is 0 Å². The molecule has 20 heavy (non-hydrogen) atoms. The average molecular weight is 285 g/mol. The first-order chi connectivity index (χ1) is 9.69. The van der Waals surface area contributed by atoms with Crippen molar-refractivity contribution in [2.24, 2.45) is 0 Å². The maximum atomic E-state index is 11.7. The van der Waals surface area contributed by atoms with Gasteiger partial charge in [-0.1, -0.05) is 48.9 Å². The van der Waals surface area contributed by atoms with Crippen LogP contribution < -0.4 is 0 Å². The molecule has 0 aliphatic rings. The van der Waals surface area contributed by atoms with Crippen molar-refractivity contribution in [3.05, 3.63) is 59.3 Å². The topological polar surface area (TPSA) is 30.2 Å². The Balaban J connectivity index is 2.17. The summed E-state index contributed by atoms with van der Waals surface area (Å²) in [5.41, 5.74) is 2.67. The fourth-order valence-corrected chi connectivity index (χ4v) is 2.48. The van der Waals surface area contributed by atoms with E-state index in [4.69, 9.17) is 16.0 Å². The van der Waals surface area contributed by atoms with Crippen molar-refractivity contribution in [1.82, 2.24) is 0 Å². The molecule has 0 radical (unpaired) electrons. The van der Waals surface area contributed by atoms with Crippen LogP contribution in [0.1, 0.15) is 23.9 Å². The number of benzene rings is 2. The molecule has 0 amide bonds. The van der Waals surface area contributed by atoms with Gasteiger partial charge in [-0.2, -0.15) is 0 Å². The number of fused-ring (bicyclic) bond motifs is 1. The van der Waals surface area contributed by atoms with E-state index in [1.54, 1.807) is 6.07 Å². The number of carbonyl (C=O) groups excluding carboxylic acids is 1. The van der Waals surface area contributed by atoms with Gasteiger partial charge < -0.3 is 4.42 Å². The summed E-state index contributed by atoms with van der Waals surface area (Å²) < 4.78 is 5.56. The van der Waals surface area contributed by atoms with Crippen LogP contribution >= 0.6 is 11.6 Å². The minimum atomic E-state index is -0.0153. The Morgan fingerprint density at radius 2 is 1.85 bits per heavy atom. The number of rotatable bonds is 3. The van der Waals surface area contributed by atoms with Gasteiger partial charge in [0.2, 0.25) is 0 Å². The summed E-state index contributed by atoms with van der Waals surface area (Å²) in [5.74, 6) is 0.355. The molecule has 0 aliphatic carbocycles. The fourth-order valence-electron chi connectivity index (χ4n) is 2.22. The van der Waals surface area contributed by atoms with Gasteiger partial charge in [-0.3, -0.25) is 4.79 Å². The van der Waals surface area contributed by atoms with Crippen LogP contribution in [0.5, 0.6) is 0 Å². The molecule has 0 bridgehead atoms. The minimum Gasteiger partial charge on any atom is -0.451 e. The summed E-state index contributed by atoms with van der Waals surface area (Å²) in [5, 5.41) is 1.38. The number of furan rings is 1. The first-order valence-electron chi connectivity index (χ1n) is 6.50. The van der Waals surface area contributed by atoms with Gasteiger partial charge in [0.05, 0.1) is 5.02 Å². The Hall–Kier alpha value is -2.06. The molecule has 3 rings (SSSR count). The molecule has 0 aliphatic heterocycles. The summed E-state index contributed by atoms with van der Waals surface area (Å²) in [7, 11) is 0. The van der Waals surface area contributed by atoms with Gasteiger partial charge in [-0.05, 0) is 29.3 Å². The highest BCUT2D eigenvalue weighted by molar-refractivity contribution is 6.35. The second-order valence-electron chi connectivity index (χ2n) is 4.63. The Morgan fingerprint density at radius 3 is 2.55 bits per heavy atom. The van der Waals surface area contributed by atoms with Crippen LogP contribution in [0.15, 0.2) is 52.9 Å². The molecule has 0 atom stereocenters. The van der Waals surface area contributed by atoms with E-state index in [9.17, 15) is 4.79 Å². The Bertz CT molecular complexity index is 772. The predicted octanol–water partition coefficient (Wildman–Crippen LogP) is 5.35. The van der Waals surface area contributed by atoms with Gasteiger partial charge >= 0.3 is 0 Å². The SMILES string of the molecule is CCC(=O)c1cc2cc(-c3ccccc3)cc(Cl)c2o1. The van der Waals surface area contributed by atoms with E-state index >= 15 is 0 Å². The number of hydrogen-bond donors (Lipinski definition) is 0. The molecule has 0 saturated carbocycles. The zero-order chi connectivity index (χ0) is 14.1. The normalized spacial score (nSPS) is 10.9. The van der Waals surface area contributed by atoms with Crippen molar-refractivity contribution in [2.45, 2.75) is 13.3 Å². The van der Waals surface area contributed by atoms with E-state index in [0.29, 0.717) is 22.8 Å². The lowest BCUT2D eigenvalue weighted by molar-refractivity contribution is 0.0963. The van der Waals surface area contributed by atoms with Gasteiger partial charge in [-0.15, -0.1) is 0 Å². The molecule has 0 saturated heterocycles. The lowest BCUT2D eigenvalue weighted by Gasteiger charge is -2.02. The Kier molecular flexibility index (Phi) is 3.33. The maximum absolute atomic E-state index is 11.7. The van der Waals surface area contributed by atoms with Gasteiger partial charge in [-0.25, -0.2) is 0 Å². The standard InChI is InChI=1S/C17H13ClO2/c1-2-15(19)16-10-13-8-12(9-14(18)17(13)20-16)11-6-4-3-5-7-11/h3-10H,2H2,1H3. The molecule has 0 fully saturated rings. The number of Topliss-reactive ketones (excluding diaryl/α,β-unsaturated/α-hetero) is 1. The lowest BCUT2D eigenvalue weighted by atomic mass is 10.0. The van der Waals surface area contributed by atoms with Crippen LogP contribution in [0.2, 0.25) is 5.02 Å². The smallest absolute Gasteiger partial charge is 0.197 e. The van der Waals surface area contributed by atoms with Gasteiger partial charge in [0.25, 0.3) is 0 Å². The van der Waals surface area contributed by atoms with Gasteiger partial charge in [0, 0.05) is 11.8 Å². The monoisotopic (exact) mass is 284 g/mol. The van der Waals surface area contributed by atoms with Crippen molar-refractivity contribution in [3.8, 4) is 11.1 Å². The first kappa shape index (κ1) is 12.9. The zero-order valence-corrected chi connectivity index (χ0v) is 11.8. The quantitative estimate of drug-likeness (QED) is 0.607. The van der Waals surface area contributed by atoms with Crippen LogP contribution in [-0.4, -0.2) is 5.78 Å². The maximum Gasteiger partial charge on any atom is 0.197 e. The molecular formula is C17H13ClO2. The van der Waals surface area contributed by atoms with Crippen LogP contribution in [0.25, 0.3) is 22.1 Å². The number of hydrogen-bond acceptors (Lipinski definition) is 2. The van der Waals surface area contributed by atoms with Crippen molar-refractivity contribution in [2.75, 3.05) is 0 Å². The van der Waals surface area contributed by atoms with E-state index < -0.39 is 0 Å². The summed E-state index contributed by atoms with van der Waals surface area (Å²) in [6.07, 6.45) is 0.420. The third kappa shape index (κ3) is 2.23. The van der Waals surface area contributed by atoms with Crippen molar-refractivity contribution >= 4 is 28.4 Å². The van der Waals surface area contributed by atoms with Crippen molar-refractivity contribution in [1.29, 1.82) is 0 Å². The molecule has 3 heteroatoms. The summed E-state index contributed by atoms with van der Waals surface area (Å²) in [6.45, 7) is 1.81. The van der Waals surface area contributed by atoms with Crippen LogP contribution in [0.4, 0.5) is 0 Å². The second kappa shape index (κ2) is 5.14. The highest BCUT2D eigenvalue weighted by atomic mass is 35.5. The van der Waals surface area contributed by atoms with E-state index in [2.05, 4.69) is 0 Å². The molecular weight excluding hydrogens is 272 g/mol. The molecule has 1 aromatic heterocycles. The highest BCUT2D eigenvalue weighted by Crippen LogP contribution is 2.33. The van der Waals surface area contributed by atoms with E-state index in [0.717, 1.165) is 16.5 Å². The molecule has 2 aromatic carbocycles. The molecule has 2 nitrogen and oxygen atoms in total. The lowest BCUT2D eigenvalue weighted by Crippen LogP contribution is -1.92. The Labute approximate surface area is 122 Å². The van der Waals surface area contributed by atoms with Gasteiger partial charge in [0.1, 0.15) is 0 Å². The van der Waals surface area contributed by atoms with E-state index in [1.165, 1.54) is 0 Å². The van der Waals surface area contributed by atoms with Crippen LogP contribution in [0.3, 0.4) is 0 Å². The average Bonchev–Trinajstić information content (AvgIpc) is 2.92. The fraction of sp³-hybridized carbons (Fsp3) is 0.118. The molecule has 3 aromatic rings.